The van der Waals surface area contributed by atoms with Gasteiger partial charge in [0.1, 0.15) is 0 Å². The molecule has 4 rings (SSSR count). The quantitative estimate of drug-likeness (QED) is 0.595. The number of hydrogen-bond donors (Lipinski definition) is 1. The van der Waals surface area contributed by atoms with Gasteiger partial charge in [-0.3, -0.25) is 14.6 Å². The zero-order valence-corrected chi connectivity index (χ0v) is 17.5. The van der Waals surface area contributed by atoms with Crippen LogP contribution in [0, 0.1) is 6.92 Å². The van der Waals surface area contributed by atoms with Gasteiger partial charge in [-0.1, -0.05) is 30.3 Å². The topological polar surface area (TPSA) is 57.9 Å². The lowest BCUT2D eigenvalue weighted by atomic mass is 10.1. The number of rotatable bonds is 6. The minimum atomic E-state index is 0.241. The zero-order valence-electron chi connectivity index (χ0n) is 17.5. The van der Waals surface area contributed by atoms with Crippen molar-refractivity contribution in [2.75, 3.05) is 39.3 Å². The summed E-state index contributed by atoms with van der Waals surface area (Å²) in [6.45, 7) is 11.1. The number of benzene rings is 1. The normalized spacial score (nSPS) is 22.7. The average molecular weight is 397 g/mol. The van der Waals surface area contributed by atoms with E-state index in [-0.39, 0.29) is 6.10 Å². The predicted octanol–water partition coefficient (Wildman–Crippen LogP) is 1.74. The number of ether oxygens (including phenoxy) is 1. The van der Waals surface area contributed by atoms with E-state index in [0.29, 0.717) is 12.6 Å². The van der Waals surface area contributed by atoms with Gasteiger partial charge in [0.15, 0.2) is 5.96 Å². The van der Waals surface area contributed by atoms with E-state index in [0.717, 1.165) is 51.8 Å². The Kier molecular flexibility index (Phi) is 6.46. The second kappa shape index (κ2) is 9.41. The molecule has 2 unspecified atom stereocenters. The molecule has 2 aliphatic heterocycles. The summed E-state index contributed by atoms with van der Waals surface area (Å²) in [6.07, 6.45) is 4.19. The SMILES string of the molecule is CCNC(=NCCn1cc(C)cn1)N1CC2OCCN(Cc3ccccc3)C2C1. The molecule has 29 heavy (non-hydrogen) atoms. The number of aliphatic imine (C=N–C) groups is 1. The van der Waals surface area contributed by atoms with Crippen molar-refractivity contribution in [2.24, 2.45) is 4.99 Å². The number of aryl methyl sites for hydroxylation is 1. The molecule has 0 aliphatic carbocycles. The first-order valence-corrected chi connectivity index (χ1v) is 10.6. The fourth-order valence-electron chi connectivity index (χ4n) is 4.22. The van der Waals surface area contributed by atoms with Gasteiger partial charge < -0.3 is 15.0 Å². The monoisotopic (exact) mass is 396 g/mol. The molecule has 0 radical (unpaired) electrons. The fraction of sp³-hybridized carbons (Fsp3) is 0.545. The van der Waals surface area contributed by atoms with Crippen LogP contribution in [0.4, 0.5) is 0 Å². The van der Waals surface area contributed by atoms with Gasteiger partial charge in [0, 0.05) is 38.9 Å². The molecule has 2 atom stereocenters. The van der Waals surface area contributed by atoms with Crippen LogP contribution in [-0.2, 0) is 17.8 Å². The Morgan fingerprint density at radius 2 is 2.14 bits per heavy atom. The van der Waals surface area contributed by atoms with E-state index in [2.05, 4.69) is 70.6 Å². The standard InChI is InChI=1S/C22H32N6O/c1-3-23-22(24-9-10-28-14-18(2)13-25-28)27-16-20-21(17-27)29-12-11-26(20)15-19-7-5-4-6-8-19/h4-8,13-14,20-21H,3,9-12,15-17H2,1-2H3,(H,23,24). The number of guanidine groups is 1. The third-order valence-corrected chi connectivity index (χ3v) is 5.63. The molecule has 3 heterocycles. The largest absolute Gasteiger partial charge is 0.373 e. The van der Waals surface area contributed by atoms with Crippen LogP contribution in [0.15, 0.2) is 47.7 Å². The van der Waals surface area contributed by atoms with Crippen molar-refractivity contribution in [3.63, 3.8) is 0 Å². The molecule has 2 aliphatic rings. The van der Waals surface area contributed by atoms with E-state index in [1.54, 1.807) is 0 Å². The Morgan fingerprint density at radius 3 is 2.90 bits per heavy atom. The Bertz CT molecular complexity index is 805. The summed E-state index contributed by atoms with van der Waals surface area (Å²) >= 11 is 0. The highest BCUT2D eigenvalue weighted by Gasteiger charge is 2.41. The minimum absolute atomic E-state index is 0.241. The predicted molar refractivity (Wildman–Crippen MR) is 115 cm³/mol. The molecule has 0 saturated carbocycles. The van der Waals surface area contributed by atoms with E-state index < -0.39 is 0 Å². The lowest BCUT2D eigenvalue weighted by Gasteiger charge is -2.36. The Hall–Kier alpha value is -2.38. The highest BCUT2D eigenvalue weighted by atomic mass is 16.5. The molecule has 0 bridgehead atoms. The van der Waals surface area contributed by atoms with E-state index in [1.807, 2.05) is 10.9 Å². The molecule has 7 heteroatoms. The number of nitrogens with zero attached hydrogens (tertiary/aromatic N) is 5. The number of fused-ring (bicyclic) bond motifs is 1. The molecule has 2 fully saturated rings. The van der Waals surface area contributed by atoms with Gasteiger partial charge in [-0.05, 0) is 25.0 Å². The van der Waals surface area contributed by atoms with Crippen LogP contribution in [-0.4, -0.2) is 77.0 Å². The van der Waals surface area contributed by atoms with Crippen molar-refractivity contribution >= 4 is 5.96 Å². The lowest BCUT2D eigenvalue weighted by Crippen LogP contribution is -2.50. The molecule has 7 nitrogen and oxygen atoms in total. The molecule has 0 spiro atoms. The van der Waals surface area contributed by atoms with Crippen molar-refractivity contribution in [1.29, 1.82) is 0 Å². The molecule has 0 amide bonds. The molecule has 2 saturated heterocycles. The van der Waals surface area contributed by atoms with Crippen LogP contribution in [0.2, 0.25) is 0 Å². The number of nitrogens with one attached hydrogen (secondary N) is 1. The van der Waals surface area contributed by atoms with Gasteiger partial charge >= 0.3 is 0 Å². The Balaban J connectivity index is 1.40. The number of aromatic nitrogens is 2. The van der Waals surface area contributed by atoms with Gasteiger partial charge in [-0.2, -0.15) is 5.10 Å². The second-order valence-electron chi connectivity index (χ2n) is 7.85. The molecular weight excluding hydrogens is 364 g/mol. The smallest absolute Gasteiger partial charge is 0.194 e. The summed E-state index contributed by atoms with van der Waals surface area (Å²) in [5, 5.41) is 7.81. The lowest BCUT2D eigenvalue weighted by molar-refractivity contribution is -0.0502. The van der Waals surface area contributed by atoms with Crippen molar-refractivity contribution in [2.45, 2.75) is 39.1 Å². The van der Waals surface area contributed by atoms with Crippen LogP contribution < -0.4 is 5.32 Å². The van der Waals surface area contributed by atoms with Gasteiger partial charge in [-0.25, -0.2) is 0 Å². The molecule has 1 aromatic carbocycles. The van der Waals surface area contributed by atoms with Gasteiger partial charge in [0.25, 0.3) is 0 Å². The molecule has 156 valence electrons. The molecule has 1 N–H and O–H groups in total. The number of likely N-dealkylation sites (tertiary alicyclic amines) is 1. The van der Waals surface area contributed by atoms with Crippen molar-refractivity contribution in [1.82, 2.24) is 24.9 Å². The van der Waals surface area contributed by atoms with Crippen LogP contribution in [0.1, 0.15) is 18.1 Å². The highest BCUT2D eigenvalue weighted by molar-refractivity contribution is 5.80. The maximum Gasteiger partial charge on any atom is 0.194 e. The van der Waals surface area contributed by atoms with E-state index in [9.17, 15) is 0 Å². The maximum absolute atomic E-state index is 6.12. The summed E-state index contributed by atoms with van der Waals surface area (Å²) in [7, 11) is 0. The first kappa shape index (κ1) is 19.9. The van der Waals surface area contributed by atoms with Gasteiger partial charge in [0.2, 0.25) is 0 Å². The Morgan fingerprint density at radius 1 is 1.28 bits per heavy atom. The second-order valence-corrected chi connectivity index (χ2v) is 7.85. The van der Waals surface area contributed by atoms with Crippen LogP contribution in [0.25, 0.3) is 0 Å². The van der Waals surface area contributed by atoms with E-state index >= 15 is 0 Å². The van der Waals surface area contributed by atoms with Crippen molar-refractivity contribution < 1.29 is 4.74 Å². The first-order chi connectivity index (χ1) is 14.2. The number of morpholine rings is 1. The summed E-state index contributed by atoms with van der Waals surface area (Å²) in [5.74, 6) is 0.981. The van der Waals surface area contributed by atoms with Crippen molar-refractivity contribution in [3.05, 3.63) is 53.9 Å². The summed E-state index contributed by atoms with van der Waals surface area (Å²) < 4.78 is 8.08. The number of hydrogen-bond acceptors (Lipinski definition) is 4. The highest BCUT2D eigenvalue weighted by Crippen LogP contribution is 2.24. The summed E-state index contributed by atoms with van der Waals surface area (Å²) in [5.41, 5.74) is 2.54. The zero-order chi connectivity index (χ0) is 20.1. The molecule has 1 aromatic heterocycles. The molecular formula is C22H32N6O. The van der Waals surface area contributed by atoms with Crippen molar-refractivity contribution in [3.8, 4) is 0 Å². The van der Waals surface area contributed by atoms with Gasteiger partial charge in [-0.15, -0.1) is 0 Å². The van der Waals surface area contributed by atoms with Crippen LogP contribution >= 0.6 is 0 Å². The van der Waals surface area contributed by atoms with Crippen LogP contribution in [0.5, 0.6) is 0 Å². The van der Waals surface area contributed by atoms with Gasteiger partial charge in [0.05, 0.1) is 38.0 Å². The molecule has 2 aromatic rings. The first-order valence-electron chi connectivity index (χ1n) is 10.6. The third-order valence-electron chi connectivity index (χ3n) is 5.63. The minimum Gasteiger partial charge on any atom is -0.373 e. The van der Waals surface area contributed by atoms with E-state index in [4.69, 9.17) is 9.73 Å². The summed E-state index contributed by atoms with van der Waals surface area (Å²) in [6, 6.07) is 11.1. The fourth-order valence-corrected chi connectivity index (χ4v) is 4.22. The van der Waals surface area contributed by atoms with E-state index in [1.165, 1.54) is 11.1 Å². The Labute approximate surface area is 173 Å². The maximum atomic E-state index is 6.12. The van der Waals surface area contributed by atoms with Crippen LogP contribution in [0.3, 0.4) is 0 Å². The average Bonchev–Trinajstić information content (AvgIpc) is 3.35. The third kappa shape index (κ3) is 4.97. The summed E-state index contributed by atoms with van der Waals surface area (Å²) in [4.78, 5) is 9.79.